The number of carboxylic acid groups (broad SMARTS) is 1. The molecular weight excluding hydrogens is 336 g/mol. The van der Waals surface area contributed by atoms with Crippen LogP contribution in [0.15, 0.2) is 41.0 Å². The molecule has 0 atom stereocenters. The third-order valence-corrected chi connectivity index (χ3v) is 3.35. The summed E-state index contributed by atoms with van der Waals surface area (Å²) < 4.78 is 0.827. The summed E-state index contributed by atoms with van der Waals surface area (Å²) in [5, 5.41) is 11.4. The molecule has 108 valence electrons. The maximum absolute atomic E-state index is 12.2. The Labute approximate surface area is 130 Å². The molecule has 1 amide bonds. The summed E-state index contributed by atoms with van der Waals surface area (Å²) in [6.45, 7) is 1.86. The first-order valence-electron chi connectivity index (χ1n) is 6.20. The number of aliphatic carboxylic acids is 1. The number of nitrogens with zero attached hydrogens (tertiary/aromatic N) is 1. The third-order valence-electron chi connectivity index (χ3n) is 2.86. The van der Waals surface area contributed by atoms with Gasteiger partial charge in [-0.1, -0.05) is 22.0 Å². The summed E-state index contributed by atoms with van der Waals surface area (Å²) in [5.74, 6) is -1.18. The number of hydrogen-bond acceptors (Lipinski definition) is 3. The van der Waals surface area contributed by atoms with Crippen LogP contribution < -0.4 is 5.32 Å². The van der Waals surface area contributed by atoms with Gasteiger partial charge in [0, 0.05) is 10.0 Å². The SMILES string of the molecule is Cc1ccc(Br)cc1C(=O)Nc1ccc(CC(=O)O)nc1. The van der Waals surface area contributed by atoms with Crippen LogP contribution in [0.1, 0.15) is 21.6 Å². The van der Waals surface area contributed by atoms with Crippen molar-refractivity contribution in [2.75, 3.05) is 5.32 Å². The molecule has 0 fully saturated rings. The van der Waals surface area contributed by atoms with Gasteiger partial charge in [0.05, 0.1) is 24.0 Å². The van der Waals surface area contributed by atoms with Crippen molar-refractivity contribution in [1.82, 2.24) is 4.98 Å². The number of carbonyl (C=O) groups is 2. The number of carboxylic acids is 1. The Morgan fingerprint density at radius 1 is 1.29 bits per heavy atom. The second-order valence-electron chi connectivity index (χ2n) is 4.52. The lowest BCUT2D eigenvalue weighted by Crippen LogP contribution is -2.14. The zero-order valence-electron chi connectivity index (χ0n) is 11.3. The van der Waals surface area contributed by atoms with Crippen LogP contribution in [0.4, 0.5) is 5.69 Å². The van der Waals surface area contributed by atoms with E-state index in [9.17, 15) is 9.59 Å². The Bertz CT molecular complexity index is 684. The second-order valence-corrected chi connectivity index (χ2v) is 5.44. The fourth-order valence-electron chi connectivity index (χ4n) is 1.80. The Kier molecular flexibility index (Phi) is 4.70. The van der Waals surface area contributed by atoms with Crippen molar-refractivity contribution in [2.24, 2.45) is 0 Å². The van der Waals surface area contributed by atoms with E-state index in [1.807, 2.05) is 19.1 Å². The Morgan fingerprint density at radius 3 is 2.67 bits per heavy atom. The minimum Gasteiger partial charge on any atom is -0.481 e. The number of rotatable bonds is 4. The van der Waals surface area contributed by atoms with Gasteiger partial charge in [0.15, 0.2) is 0 Å². The maximum Gasteiger partial charge on any atom is 0.309 e. The zero-order chi connectivity index (χ0) is 15.4. The summed E-state index contributed by atoms with van der Waals surface area (Å²) in [7, 11) is 0. The number of aromatic nitrogens is 1. The van der Waals surface area contributed by atoms with E-state index < -0.39 is 5.97 Å². The number of benzene rings is 1. The first-order valence-corrected chi connectivity index (χ1v) is 6.99. The van der Waals surface area contributed by atoms with Gasteiger partial charge in [-0.15, -0.1) is 0 Å². The van der Waals surface area contributed by atoms with Crippen LogP contribution in [0.2, 0.25) is 0 Å². The molecule has 6 heteroatoms. The number of halogens is 1. The van der Waals surface area contributed by atoms with Gasteiger partial charge in [-0.3, -0.25) is 14.6 Å². The zero-order valence-corrected chi connectivity index (χ0v) is 12.8. The van der Waals surface area contributed by atoms with E-state index in [4.69, 9.17) is 5.11 Å². The number of hydrogen-bond donors (Lipinski definition) is 2. The van der Waals surface area contributed by atoms with E-state index in [1.165, 1.54) is 6.20 Å². The van der Waals surface area contributed by atoms with E-state index in [2.05, 4.69) is 26.2 Å². The molecule has 1 aromatic carbocycles. The molecule has 21 heavy (non-hydrogen) atoms. The van der Waals surface area contributed by atoms with Gasteiger partial charge in [0.2, 0.25) is 0 Å². The van der Waals surface area contributed by atoms with Crippen LogP contribution >= 0.6 is 15.9 Å². The molecule has 2 rings (SSSR count). The molecule has 2 N–H and O–H groups in total. The number of pyridine rings is 1. The Hall–Kier alpha value is -2.21. The number of nitrogens with one attached hydrogen (secondary N) is 1. The van der Waals surface area contributed by atoms with Gasteiger partial charge in [-0.25, -0.2) is 0 Å². The average Bonchev–Trinajstić information content (AvgIpc) is 2.43. The summed E-state index contributed by atoms with van der Waals surface area (Å²) in [6.07, 6.45) is 1.31. The van der Waals surface area contributed by atoms with Gasteiger partial charge in [-0.05, 0) is 36.8 Å². The van der Waals surface area contributed by atoms with E-state index >= 15 is 0 Å². The molecule has 0 saturated carbocycles. The molecular formula is C15H13BrN2O3. The molecule has 2 aromatic rings. The third kappa shape index (κ3) is 4.13. The van der Waals surface area contributed by atoms with Gasteiger partial charge < -0.3 is 10.4 Å². The first-order chi connectivity index (χ1) is 9.95. The van der Waals surface area contributed by atoms with Crippen LogP contribution in [-0.4, -0.2) is 22.0 Å². The summed E-state index contributed by atoms with van der Waals surface area (Å²) in [5.41, 5.74) is 2.40. The minimum atomic E-state index is -0.941. The quantitative estimate of drug-likeness (QED) is 0.889. The van der Waals surface area contributed by atoms with E-state index in [0.29, 0.717) is 16.9 Å². The van der Waals surface area contributed by atoms with Gasteiger partial charge in [0.25, 0.3) is 5.91 Å². The van der Waals surface area contributed by atoms with E-state index in [1.54, 1.807) is 18.2 Å². The fourth-order valence-corrected chi connectivity index (χ4v) is 2.16. The maximum atomic E-state index is 12.2. The fraction of sp³-hybridized carbons (Fsp3) is 0.133. The largest absolute Gasteiger partial charge is 0.481 e. The molecule has 1 heterocycles. The van der Waals surface area contributed by atoms with Crippen molar-refractivity contribution in [2.45, 2.75) is 13.3 Å². The van der Waals surface area contributed by atoms with Crippen molar-refractivity contribution in [3.05, 3.63) is 57.8 Å². The highest BCUT2D eigenvalue weighted by atomic mass is 79.9. The molecule has 0 aliphatic rings. The number of anilines is 1. The van der Waals surface area contributed by atoms with Crippen molar-refractivity contribution < 1.29 is 14.7 Å². The van der Waals surface area contributed by atoms with Gasteiger partial charge in [-0.2, -0.15) is 0 Å². The molecule has 0 spiro atoms. The van der Waals surface area contributed by atoms with Crippen LogP contribution in [-0.2, 0) is 11.2 Å². The number of aryl methyl sites for hydroxylation is 1. The predicted octanol–water partition coefficient (Wildman–Crippen LogP) is 3.03. The minimum absolute atomic E-state index is 0.140. The molecule has 0 aliphatic heterocycles. The highest BCUT2D eigenvalue weighted by molar-refractivity contribution is 9.10. The Balaban J connectivity index is 2.12. The number of carbonyl (C=O) groups excluding carboxylic acids is 1. The van der Waals surface area contributed by atoms with Crippen LogP contribution in [0.3, 0.4) is 0 Å². The predicted molar refractivity (Wildman–Crippen MR) is 82.4 cm³/mol. The van der Waals surface area contributed by atoms with Crippen LogP contribution in [0, 0.1) is 6.92 Å². The second kappa shape index (κ2) is 6.49. The van der Waals surface area contributed by atoms with Crippen molar-refractivity contribution in [3.8, 4) is 0 Å². The van der Waals surface area contributed by atoms with Crippen molar-refractivity contribution in [1.29, 1.82) is 0 Å². The lowest BCUT2D eigenvalue weighted by molar-refractivity contribution is -0.136. The standard InChI is InChI=1S/C15H13BrN2O3/c1-9-2-3-10(16)6-13(9)15(21)18-12-5-4-11(17-8-12)7-14(19)20/h2-6,8H,7H2,1H3,(H,18,21)(H,19,20). The van der Waals surface area contributed by atoms with Crippen molar-refractivity contribution in [3.63, 3.8) is 0 Å². The lowest BCUT2D eigenvalue weighted by Gasteiger charge is -2.08. The Morgan fingerprint density at radius 2 is 2.05 bits per heavy atom. The summed E-state index contributed by atoms with van der Waals surface area (Å²) in [4.78, 5) is 26.8. The molecule has 0 bridgehead atoms. The molecule has 0 saturated heterocycles. The number of amides is 1. The molecule has 0 radical (unpaired) electrons. The molecule has 5 nitrogen and oxygen atoms in total. The van der Waals surface area contributed by atoms with E-state index in [-0.39, 0.29) is 12.3 Å². The van der Waals surface area contributed by atoms with Gasteiger partial charge >= 0.3 is 5.97 Å². The van der Waals surface area contributed by atoms with Crippen LogP contribution in [0.25, 0.3) is 0 Å². The normalized spacial score (nSPS) is 10.2. The molecule has 0 aliphatic carbocycles. The van der Waals surface area contributed by atoms with Gasteiger partial charge in [0.1, 0.15) is 0 Å². The summed E-state index contributed by atoms with van der Waals surface area (Å²) in [6, 6.07) is 8.69. The topological polar surface area (TPSA) is 79.3 Å². The first kappa shape index (κ1) is 15.2. The highest BCUT2D eigenvalue weighted by Gasteiger charge is 2.10. The summed E-state index contributed by atoms with van der Waals surface area (Å²) >= 11 is 3.33. The lowest BCUT2D eigenvalue weighted by atomic mass is 10.1. The molecule has 0 unspecified atom stereocenters. The molecule has 1 aromatic heterocycles. The van der Waals surface area contributed by atoms with Crippen LogP contribution in [0.5, 0.6) is 0 Å². The average molecular weight is 349 g/mol. The van der Waals surface area contributed by atoms with Crippen molar-refractivity contribution >= 4 is 33.5 Å². The monoisotopic (exact) mass is 348 g/mol. The highest BCUT2D eigenvalue weighted by Crippen LogP contribution is 2.17. The van der Waals surface area contributed by atoms with E-state index in [0.717, 1.165) is 10.0 Å². The smallest absolute Gasteiger partial charge is 0.309 e.